The summed E-state index contributed by atoms with van der Waals surface area (Å²) in [6.07, 6.45) is 1.07. The van der Waals surface area contributed by atoms with Gasteiger partial charge in [-0.1, -0.05) is 25.5 Å². The molecule has 1 aliphatic heterocycles. The van der Waals surface area contributed by atoms with E-state index < -0.39 is 0 Å². The Balaban J connectivity index is 2.22. The van der Waals surface area contributed by atoms with Crippen LogP contribution in [0.5, 0.6) is 0 Å². The first-order valence-electron chi connectivity index (χ1n) is 6.89. The van der Waals surface area contributed by atoms with E-state index in [-0.39, 0.29) is 5.91 Å². The maximum atomic E-state index is 12.6. The number of carbonyl (C=O) groups is 1. The number of anilines is 1. The van der Waals surface area contributed by atoms with Crippen LogP contribution in [0.15, 0.2) is 18.2 Å². The first kappa shape index (κ1) is 13.9. The second-order valence-corrected chi connectivity index (χ2v) is 5.69. The largest absolute Gasteiger partial charge is 0.338 e. The summed E-state index contributed by atoms with van der Waals surface area (Å²) in [6.45, 7) is 8.12. The number of nitrogens with one attached hydrogen (secondary N) is 1. The lowest BCUT2D eigenvalue weighted by atomic mass is 9.88. The van der Waals surface area contributed by atoms with Crippen LogP contribution in [0.25, 0.3) is 0 Å². The zero-order chi connectivity index (χ0) is 14.0. The van der Waals surface area contributed by atoms with Crippen LogP contribution in [-0.4, -0.2) is 23.9 Å². The van der Waals surface area contributed by atoms with Gasteiger partial charge in [0.2, 0.25) is 0 Å². The summed E-state index contributed by atoms with van der Waals surface area (Å²) in [5, 5.41) is 0. The van der Waals surface area contributed by atoms with Gasteiger partial charge in [0.1, 0.15) is 0 Å². The van der Waals surface area contributed by atoms with Crippen LogP contribution in [0, 0.1) is 18.8 Å². The van der Waals surface area contributed by atoms with Gasteiger partial charge in [-0.05, 0) is 37.3 Å². The minimum atomic E-state index is 0.0791. The molecule has 1 aromatic carbocycles. The highest BCUT2D eigenvalue weighted by Crippen LogP contribution is 2.25. The van der Waals surface area contributed by atoms with Crippen LogP contribution in [0.2, 0.25) is 0 Å². The van der Waals surface area contributed by atoms with Gasteiger partial charge >= 0.3 is 0 Å². The fourth-order valence-corrected chi connectivity index (χ4v) is 2.58. The monoisotopic (exact) mass is 261 g/mol. The van der Waals surface area contributed by atoms with E-state index >= 15 is 0 Å². The molecule has 0 aromatic heterocycles. The molecule has 2 atom stereocenters. The van der Waals surface area contributed by atoms with E-state index in [2.05, 4.69) is 19.3 Å². The van der Waals surface area contributed by atoms with E-state index in [0.717, 1.165) is 25.1 Å². The zero-order valence-electron chi connectivity index (χ0n) is 11.9. The predicted molar refractivity (Wildman–Crippen MR) is 77.8 cm³/mol. The fourth-order valence-electron chi connectivity index (χ4n) is 2.58. The molecule has 4 nitrogen and oxygen atoms in total. The molecule has 19 heavy (non-hydrogen) atoms. The van der Waals surface area contributed by atoms with Crippen molar-refractivity contribution >= 4 is 11.6 Å². The average molecular weight is 261 g/mol. The van der Waals surface area contributed by atoms with Gasteiger partial charge in [0.15, 0.2) is 0 Å². The van der Waals surface area contributed by atoms with E-state index in [1.165, 1.54) is 0 Å². The molecule has 1 amide bonds. The van der Waals surface area contributed by atoms with E-state index in [0.29, 0.717) is 23.1 Å². The minimum absolute atomic E-state index is 0.0791. The number of carbonyl (C=O) groups excluding carboxylic acids is 1. The van der Waals surface area contributed by atoms with Gasteiger partial charge in [0, 0.05) is 13.1 Å². The molecule has 4 heteroatoms. The topological polar surface area (TPSA) is 58.4 Å². The van der Waals surface area contributed by atoms with Crippen molar-refractivity contribution in [3.63, 3.8) is 0 Å². The first-order valence-corrected chi connectivity index (χ1v) is 6.89. The van der Waals surface area contributed by atoms with Crippen LogP contribution >= 0.6 is 0 Å². The van der Waals surface area contributed by atoms with Crippen molar-refractivity contribution in [2.24, 2.45) is 17.7 Å². The van der Waals surface area contributed by atoms with Gasteiger partial charge in [-0.2, -0.15) is 0 Å². The Labute approximate surface area is 114 Å². The quantitative estimate of drug-likeness (QED) is 0.635. The summed E-state index contributed by atoms with van der Waals surface area (Å²) >= 11 is 0. The van der Waals surface area contributed by atoms with Crippen LogP contribution in [0.4, 0.5) is 5.69 Å². The van der Waals surface area contributed by atoms with Crippen molar-refractivity contribution in [3.05, 3.63) is 29.3 Å². The third-order valence-electron chi connectivity index (χ3n) is 4.18. The molecule has 1 saturated heterocycles. The summed E-state index contributed by atoms with van der Waals surface area (Å²) in [7, 11) is 0. The maximum absolute atomic E-state index is 12.6. The number of hydrogen-bond acceptors (Lipinski definition) is 3. The lowest BCUT2D eigenvalue weighted by molar-refractivity contribution is 0.0628. The Morgan fingerprint density at radius 2 is 2.11 bits per heavy atom. The van der Waals surface area contributed by atoms with Crippen molar-refractivity contribution in [1.82, 2.24) is 4.90 Å². The lowest BCUT2D eigenvalue weighted by Gasteiger charge is -2.35. The maximum Gasteiger partial charge on any atom is 0.256 e. The molecular weight excluding hydrogens is 238 g/mol. The zero-order valence-corrected chi connectivity index (χ0v) is 11.9. The minimum Gasteiger partial charge on any atom is -0.338 e. The standard InChI is InChI=1S/C15H23N3O/c1-10-4-5-14(17-16)13(8-10)15(19)18-7-6-11(2)12(3)9-18/h4-5,8,11-12,17H,6-7,9,16H2,1-3H3. The second-order valence-electron chi connectivity index (χ2n) is 5.69. The van der Waals surface area contributed by atoms with E-state index in [9.17, 15) is 4.79 Å². The molecule has 0 spiro atoms. The number of likely N-dealkylation sites (tertiary alicyclic amines) is 1. The van der Waals surface area contributed by atoms with Crippen molar-refractivity contribution in [1.29, 1.82) is 0 Å². The number of hydrogen-bond donors (Lipinski definition) is 2. The van der Waals surface area contributed by atoms with Crippen molar-refractivity contribution in [2.75, 3.05) is 18.5 Å². The molecule has 2 rings (SSSR count). The molecule has 1 aromatic rings. The molecule has 2 unspecified atom stereocenters. The summed E-state index contributed by atoms with van der Waals surface area (Å²) in [5.74, 6) is 6.82. The highest BCUT2D eigenvalue weighted by molar-refractivity contribution is 5.99. The van der Waals surface area contributed by atoms with E-state index in [4.69, 9.17) is 5.84 Å². The number of hydrazine groups is 1. The molecule has 3 N–H and O–H groups in total. The molecule has 0 radical (unpaired) electrons. The highest BCUT2D eigenvalue weighted by atomic mass is 16.2. The number of rotatable bonds is 2. The summed E-state index contributed by atoms with van der Waals surface area (Å²) in [4.78, 5) is 14.6. The molecule has 104 valence electrons. The molecule has 1 aliphatic rings. The lowest BCUT2D eigenvalue weighted by Crippen LogP contribution is -2.42. The fraction of sp³-hybridized carbons (Fsp3) is 0.533. The number of aryl methyl sites for hydroxylation is 1. The SMILES string of the molecule is Cc1ccc(NN)c(C(=O)N2CCC(C)C(C)C2)c1. The Morgan fingerprint density at radius 3 is 2.74 bits per heavy atom. The van der Waals surface area contributed by atoms with Crippen LogP contribution in [-0.2, 0) is 0 Å². The molecule has 0 saturated carbocycles. The van der Waals surface area contributed by atoms with Gasteiger partial charge < -0.3 is 10.3 Å². The number of amides is 1. The average Bonchev–Trinajstić information content (AvgIpc) is 2.41. The summed E-state index contributed by atoms with van der Waals surface area (Å²) in [6, 6.07) is 5.71. The number of nitrogen functional groups attached to an aromatic ring is 1. The van der Waals surface area contributed by atoms with Gasteiger partial charge in [-0.15, -0.1) is 0 Å². The van der Waals surface area contributed by atoms with Gasteiger partial charge in [-0.25, -0.2) is 0 Å². The Morgan fingerprint density at radius 1 is 1.37 bits per heavy atom. The third kappa shape index (κ3) is 2.89. The van der Waals surface area contributed by atoms with Gasteiger partial charge in [0.25, 0.3) is 5.91 Å². The van der Waals surface area contributed by atoms with Crippen LogP contribution < -0.4 is 11.3 Å². The van der Waals surface area contributed by atoms with Gasteiger partial charge in [-0.3, -0.25) is 10.6 Å². The molecule has 1 heterocycles. The van der Waals surface area contributed by atoms with Crippen molar-refractivity contribution in [3.8, 4) is 0 Å². The third-order valence-corrected chi connectivity index (χ3v) is 4.18. The van der Waals surface area contributed by atoms with Crippen molar-refractivity contribution in [2.45, 2.75) is 27.2 Å². The van der Waals surface area contributed by atoms with Crippen molar-refractivity contribution < 1.29 is 4.79 Å². The Hall–Kier alpha value is -1.55. The number of nitrogens with two attached hydrogens (primary N) is 1. The second kappa shape index (κ2) is 5.61. The van der Waals surface area contributed by atoms with Crippen LogP contribution in [0.3, 0.4) is 0 Å². The number of piperidine rings is 1. The first-order chi connectivity index (χ1) is 9.02. The smallest absolute Gasteiger partial charge is 0.256 e. The molecule has 1 fully saturated rings. The normalized spacial score (nSPS) is 23.3. The van der Waals surface area contributed by atoms with E-state index in [1.807, 2.05) is 30.0 Å². The Kier molecular flexibility index (Phi) is 4.10. The summed E-state index contributed by atoms with van der Waals surface area (Å²) in [5.41, 5.74) is 5.05. The van der Waals surface area contributed by atoms with Gasteiger partial charge in [0.05, 0.1) is 11.3 Å². The number of nitrogens with zero attached hydrogens (tertiary/aromatic N) is 1. The summed E-state index contributed by atoms with van der Waals surface area (Å²) < 4.78 is 0. The van der Waals surface area contributed by atoms with Crippen LogP contribution in [0.1, 0.15) is 36.2 Å². The number of benzene rings is 1. The van der Waals surface area contributed by atoms with E-state index in [1.54, 1.807) is 0 Å². The molecule has 0 aliphatic carbocycles. The Bertz CT molecular complexity index is 472. The predicted octanol–water partition coefficient (Wildman–Crippen LogP) is 2.40. The highest BCUT2D eigenvalue weighted by Gasteiger charge is 2.27. The molecular formula is C15H23N3O. The molecule has 0 bridgehead atoms.